The van der Waals surface area contributed by atoms with Gasteiger partial charge in [0, 0.05) is 11.6 Å². The van der Waals surface area contributed by atoms with Gasteiger partial charge in [0.25, 0.3) is 0 Å². The van der Waals surface area contributed by atoms with Gasteiger partial charge in [0.1, 0.15) is 17.2 Å². The molecule has 0 aliphatic rings. The van der Waals surface area contributed by atoms with Gasteiger partial charge >= 0.3 is 6.36 Å². The predicted octanol–water partition coefficient (Wildman–Crippen LogP) is 3.97. The lowest BCUT2D eigenvalue weighted by atomic mass is 10.0. The lowest BCUT2D eigenvalue weighted by Crippen LogP contribution is -2.17. The summed E-state index contributed by atoms with van der Waals surface area (Å²) in [5.41, 5.74) is 1.18. The molecule has 3 nitrogen and oxygen atoms in total. The molecule has 2 rings (SSSR count). The van der Waals surface area contributed by atoms with Crippen LogP contribution in [0.2, 0.25) is 0 Å². The zero-order valence-corrected chi connectivity index (χ0v) is 10.4. The summed E-state index contributed by atoms with van der Waals surface area (Å²) < 4.78 is 45.4. The van der Waals surface area contributed by atoms with Crippen molar-refractivity contribution < 1.29 is 27.8 Å². The van der Waals surface area contributed by atoms with Gasteiger partial charge < -0.3 is 14.6 Å². The first kappa shape index (κ1) is 14.0. The van der Waals surface area contributed by atoms with Gasteiger partial charge in [0.05, 0.1) is 7.11 Å². The minimum atomic E-state index is -4.75. The second kappa shape index (κ2) is 5.32. The third-order valence-corrected chi connectivity index (χ3v) is 2.56. The molecule has 2 aromatic carbocycles. The van der Waals surface area contributed by atoms with Crippen molar-refractivity contribution in [2.24, 2.45) is 0 Å². The zero-order chi connectivity index (χ0) is 14.8. The highest BCUT2D eigenvalue weighted by Gasteiger charge is 2.31. The van der Waals surface area contributed by atoms with E-state index < -0.39 is 6.36 Å². The van der Waals surface area contributed by atoms with Crippen molar-refractivity contribution in [3.63, 3.8) is 0 Å². The Labute approximate surface area is 113 Å². The Morgan fingerprint density at radius 3 is 2.40 bits per heavy atom. The van der Waals surface area contributed by atoms with Gasteiger partial charge in [-0.1, -0.05) is 12.1 Å². The third-order valence-electron chi connectivity index (χ3n) is 2.56. The summed E-state index contributed by atoms with van der Waals surface area (Å²) in [5.74, 6) is -0.0872. The van der Waals surface area contributed by atoms with Crippen LogP contribution in [0.1, 0.15) is 0 Å². The maximum Gasteiger partial charge on any atom is 0.573 e. The fourth-order valence-electron chi connectivity index (χ4n) is 1.78. The van der Waals surface area contributed by atoms with Crippen LogP contribution in [-0.2, 0) is 0 Å². The van der Waals surface area contributed by atoms with Crippen LogP contribution in [0.15, 0.2) is 42.5 Å². The van der Waals surface area contributed by atoms with Crippen molar-refractivity contribution in [2.75, 3.05) is 7.11 Å². The number of hydrogen-bond acceptors (Lipinski definition) is 3. The maximum atomic E-state index is 12.2. The Morgan fingerprint density at radius 1 is 1.05 bits per heavy atom. The molecule has 0 saturated carbocycles. The number of phenolic OH excluding ortho intramolecular Hbond substituents is 1. The summed E-state index contributed by atoms with van der Waals surface area (Å²) in [4.78, 5) is 0. The van der Waals surface area contributed by atoms with Gasteiger partial charge in [-0.05, 0) is 29.8 Å². The van der Waals surface area contributed by atoms with Gasteiger partial charge in [-0.25, -0.2) is 0 Å². The van der Waals surface area contributed by atoms with Gasteiger partial charge in [-0.2, -0.15) is 0 Å². The normalized spacial score (nSPS) is 11.2. The zero-order valence-electron chi connectivity index (χ0n) is 10.4. The SMILES string of the molecule is COc1cc(OC(F)(F)F)ccc1-c1cccc(O)c1. The van der Waals surface area contributed by atoms with E-state index in [1.54, 1.807) is 12.1 Å². The summed E-state index contributed by atoms with van der Waals surface area (Å²) in [6, 6.07) is 10.1. The number of methoxy groups -OCH3 is 1. The average molecular weight is 284 g/mol. The Morgan fingerprint density at radius 2 is 1.80 bits per heavy atom. The molecule has 6 heteroatoms. The van der Waals surface area contributed by atoms with E-state index in [1.165, 1.54) is 31.4 Å². The Hall–Kier alpha value is -2.37. The minimum Gasteiger partial charge on any atom is -0.508 e. The molecule has 20 heavy (non-hydrogen) atoms. The van der Waals surface area contributed by atoms with Crippen molar-refractivity contribution in [2.45, 2.75) is 6.36 Å². The Bertz CT molecular complexity index is 609. The molecule has 0 aliphatic heterocycles. The minimum absolute atomic E-state index is 0.0557. The highest BCUT2D eigenvalue weighted by atomic mass is 19.4. The molecule has 2 aromatic rings. The van der Waals surface area contributed by atoms with Crippen LogP contribution in [0.25, 0.3) is 11.1 Å². The van der Waals surface area contributed by atoms with Crippen molar-refractivity contribution >= 4 is 0 Å². The van der Waals surface area contributed by atoms with Gasteiger partial charge in [-0.15, -0.1) is 13.2 Å². The first-order valence-electron chi connectivity index (χ1n) is 5.62. The van der Waals surface area contributed by atoms with E-state index >= 15 is 0 Å². The Kier molecular flexibility index (Phi) is 3.74. The first-order chi connectivity index (χ1) is 9.39. The fourth-order valence-corrected chi connectivity index (χ4v) is 1.78. The van der Waals surface area contributed by atoms with Crippen molar-refractivity contribution in [3.8, 4) is 28.4 Å². The quantitative estimate of drug-likeness (QED) is 0.927. The van der Waals surface area contributed by atoms with Crippen molar-refractivity contribution in [3.05, 3.63) is 42.5 Å². The van der Waals surface area contributed by atoms with Gasteiger partial charge in [0.15, 0.2) is 0 Å². The first-order valence-corrected chi connectivity index (χ1v) is 5.62. The highest BCUT2D eigenvalue weighted by Crippen LogP contribution is 2.35. The molecule has 106 valence electrons. The number of alkyl halides is 3. The molecule has 0 unspecified atom stereocenters. The predicted molar refractivity (Wildman–Crippen MR) is 66.8 cm³/mol. The molecule has 0 aliphatic carbocycles. The van der Waals surface area contributed by atoms with Crippen LogP contribution in [0.3, 0.4) is 0 Å². The summed E-state index contributed by atoms with van der Waals surface area (Å²) in [6.45, 7) is 0. The molecule has 0 amide bonds. The van der Waals surface area contributed by atoms with Crippen LogP contribution in [0, 0.1) is 0 Å². The molecule has 0 spiro atoms. The van der Waals surface area contributed by atoms with Crippen molar-refractivity contribution in [1.29, 1.82) is 0 Å². The van der Waals surface area contributed by atoms with E-state index in [2.05, 4.69) is 4.74 Å². The number of phenols is 1. The van der Waals surface area contributed by atoms with Crippen LogP contribution < -0.4 is 9.47 Å². The molecule has 0 atom stereocenters. The van der Waals surface area contributed by atoms with Crippen molar-refractivity contribution in [1.82, 2.24) is 0 Å². The molecular weight excluding hydrogens is 273 g/mol. The number of rotatable bonds is 3. The summed E-state index contributed by atoms with van der Waals surface area (Å²) in [5, 5.41) is 9.43. The number of ether oxygens (including phenoxy) is 2. The summed E-state index contributed by atoms with van der Waals surface area (Å²) in [7, 11) is 1.35. The second-order valence-corrected chi connectivity index (χ2v) is 3.96. The van der Waals surface area contributed by atoms with Gasteiger partial charge in [0.2, 0.25) is 0 Å². The van der Waals surface area contributed by atoms with E-state index in [0.717, 1.165) is 6.07 Å². The summed E-state index contributed by atoms with van der Waals surface area (Å²) in [6.07, 6.45) is -4.75. The third kappa shape index (κ3) is 3.34. The number of benzene rings is 2. The van der Waals surface area contributed by atoms with Crippen LogP contribution >= 0.6 is 0 Å². The van der Waals surface area contributed by atoms with Crippen LogP contribution in [-0.4, -0.2) is 18.6 Å². The number of hydrogen-bond donors (Lipinski definition) is 1. The molecule has 0 fully saturated rings. The van der Waals surface area contributed by atoms with Crippen LogP contribution in [0.5, 0.6) is 17.2 Å². The lowest BCUT2D eigenvalue weighted by molar-refractivity contribution is -0.274. The average Bonchev–Trinajstić information content (AvgIpc) is 2.36. The standard InChI is InChI=1S/C14H11F3O3/c1-19-13-8-11(20-14(15,16)17)5-6-12(13)9-3-2-4-10(18)7-9/h2-8,18H,1H3. The van der Waals surface area contributed by atoms with Gasteiger partial charge in [-0.3, -0.25) is 0 Å². The van der Waals surface area contributed by atoms with Crippen LogP contribution in [0.4, 0.5) is 13.2 Å². The highest BCUT2D eigenvalue weighted by molar-refractivity contribution is 5.72. The molecule has 0 bridgehead atoms. The molecule has 0 heterocycles. The van der Waals surface area contributed by atoms with E-state index in [9.17, 15) is 18.3 Å². The Balaban J connectivity index is 2.40. The molecule has 0 saturated heterocycles. The second-order valence-electron chi connectivity index (χ2n) is 3.96. The smallest absolute Gasteiger partial charge is 0.508 e. The maximum absolute atomic E-state index is 12.2. The monoisotopic (exact) mass is 284 g/mol. The lowest BCUT2D eigenvalue weighted by Gasteiger charge is -2.13. The largest absolute Gasteiger partial charge is 0.573 e. The fraction of sp³-hybridized carbons (Fsp3) is 0.143. The van der Waals surface area contributed by atoms with E-state index in [1.807, 2.05) is 0 Å². The van der Waals surface area contributed by atoms with E-state index in [-0.39, 0.29) is 17.2 Å². The molecule has 0 aromatic heterocycles. The number of aromatic hydroxyl groups is 1. The molecule has 0 radical (unpaired) electrons. The number of halogens is 3. The van der Waals surface area contributed by atoms with E-state index in [4.69, 9.17) is 4.74 Å². The molecular formula is C14H11F3O3. The molecule has 1 N–H and O–H groups in total. The summed E-state index contributed by atoms with van der Waals surface area (Å²) >= 11 is 0. The van der Waals surface area contributed by atoms with E-state index in [0.29, 0.717) is 11.1 Å². The topological polar surface area (TPSA) is 38.7 Å².